The van der Waals surface area contributed by atoms with Crippen molar-refractivity contribution in [1.29, 1.82) is 0 Å². The summed E-state index contributed by atoms with van der Waals surface area (Å²) in [5.74, 6) is 0.461. The van der Waals surface area contributed by atoms with Crippen molar-refractivity contribution in [3.8, 4) is 0 Å². The third kappa shape index (κ3) is 4.22. The lowest BCUT2D eigenvalue weighted by Gasteiger charge is -2.32. The Bertz CT molecular complexity index is 964. The number of aryl methyl sites for hydroxylation is 1. The third-order valence-electron chi connectivity index (χ3n) is 5.00. The molecule has 1 unspecified atom stereocenters. The number of hydrogen-bond donors (Lipinski definition) is 3. The minimum atomic E-state index is -0.296. The van der Waals surface area contributed by atoms with Gasteiger partial charge in [-0.3, -0.25) is 10.1 Å². The maximum Gasteiger partial charge on any atom is 0.320 e. The van der Waals surface area contributed by atoms with Crippen LogP contribution in [0.2, 0.25) is 0 Å². The van der Waals surface area contributed by atoms with E-state index >= 15 is 0 Å². The summed E-state index contributed by atoms with van der Waals surface area (Å²) >= 11 is 0. The van der Waals surface area contributed by atoms with E-state index in [9.17, 15) is 9.59 Å². The third-order valence-corrected chi connectivity index (χ3v) is 5.00. The molecule has 6 nitrogen and oxygen atoms in total. The molecular formula is C22H26N4O2. The minimum absolute atomic E-state index is 0.0440. The first-order chi connectivity index (χ1) is 13.4. The van der Waals surface area contributed by atoms with E-state index in [4.69, 9.17) is 0 Å². The van der Waals surface area contributed by atoms with Gasteiger partial charge >= 0.3 is 6.03 Å². The molecule has 3 rings (SSSR count). The zero-order valence-electron chi connectivity index (χ0n) is 16.5. The van der Waals surface area contributed by atoms with Crippen LogP contribution in [-0.2, 0) is 10.2 Å². The molecule has 1 heterocycles. The summed E-state index contributed by atoms with van der Waals surface area (Å²) in [6.45, 7) is 6.53. The smallest absolute Gasteiger partial charge is 0.320 e. The topological polar surface area (TPSA) is 83.1 Å². The van der Waals surface area contributed by atoms with E-state index in [1.807, 2.05) is 25.1 Å². The van der Waals surface area contributed by atoms with Gasteiger partial charge in [-0.25, -0.2) is 9.78 Å². The van der Waals surface area contributed by atoms with Crippen molar-refractivity contribution in [1.82, 2.24) is 15.6 Å². The molecule has 1 aromatic carbocycles. The monoisotopic (exact) mass is 378 g/mol. The summed E-state index contributed by atoms with van der Waals surface area (Å²) in [6.07, 6.45) is 10.9. The molecule has 0 fully saturated rings. The molecule has 28 heavy (non-hydrogen) atoms. The Morgan fingerprint density at radius 3 is 2.68 bits per heavy atom. The molecule has 0 saturated heterocycles. The van der Waals surface area contributed by atoms with Crippen molar-refractivity contribution in [3.63, 3.8) is 0 Å². The van der Waals surface area contributed by atoms with Gasteiger partial charge in [-0.1, -0.05) is 30.4 Å². The van der Waals surface area contributed by atoms with Crippen LogP contribution >= 0.6 is 0 Å². The number of carbonyl (C=O) groups excluding carboxylic acids is 2. The van der Waals surface area contributed by atoms with Gasteiger partial charge in [-0.2, -0.15) is 0 Å². The van der Waals surface area contributed by atoms with Crippen LogP contribution in [0.5, 0.6) is 0 Å². The maximum absolute atomic E-state index is 11.8. The van der Waals surface area contributed by atoms with Crippen LogP contribution < -0.4 is 16.0 Å². The van der Waals surface area contributed by atoms with Crippen LogP contribution in [0.1, 0.15) is 31.4 Å². The number of urea groups is 1. The highest BCUT2D eigenvalue weighted by Gasteiger charge is 2.30. The lowest BCUT2D eigenvalue weighted by atomic mass is 9.74. The van der Waals surface area contributed by atoms with Crippen molar-refractivity contribution in [2.75, 3.05) is 18.4 Å². The quantitative estimate of drug-likeness (QED) is 0.744. The average molecular weight is 378 g/mol. The summed E-state index contributed by atoms with van der Waals surface area (Å²) in [4.78, 5) is 27.7. The Balaban J connectivity index is 2.02. The molecule has 0 bridgehead atoms. The van der Waals surface area contributed by atoms with Crippen molar-refractivity contribution in [2.24, 2.45) is 0 Å². The fourth-order valence-corrected chi connectivity index (χ4v) is 3.51. The number of allylic oxidation sites excluding steroid dienone is 3. The lowest BCUT2D eigenvalue weighted by molar-refractivity contribution is -0.119. The molecule has 0 saturated carbocycles. The Morgan fingerprint density at radius 1 is 1.18 bits per heavy atom. The molecule has 3 amide bonds. The number of hydrogen-bond acceptors (Lipinski definition) is 3. The molecule has 0 spiro atoms. The van der Waals surface area contributed by atoms with E-state index in [0.717, 1.165) is 28.3 Å². The first-order valence-corrected chi connectivity index (χ1v) is 9.48. The molecule has 3 N–H and O–H groups in total. The first kappa shape index (κ1) is 19.6. The standard InChI is InChI=1S/C22H26N4O2/c1-4-23-21(28)26-20-12-17-11-18(10-15(2)19(17)13-24-20)22(14-25-16(3)27)8-6-5-7-9-22/h5-8,10-13H,4,9,14H2,1-3H3,(H,25,27)(H2,23,24,26,28). The molecule has 1 aliphatic rings. The second-order valence-electron chi connectivity index (χ2n) is 7.13. The number of carbonyl (C=O) groups is 2. The number of nitrogens with one attached hydrogen (secondary N) is 3. The molecule has 0 aliphatic heterocycles. The van der Waals surface area contributed by atoms with Gasteiger partial charge in [0.25, 0.3) is 0 Å². The largest absolute Gasteiger partial charge is 0.355 e. The maximum atomic E-state index is 11.8. The highest BCUT2D eigenvalue weighted by molar-refractivity contribution is 5.93. The van der Waals surface area contributed by atoms with Crippen LogP contribution in [-0.4, -0.2) is 30.0 Å². The number of benzene rings is 1. The number of nitrogens with zero attached hydrogens (tertiary/aromatic N) is 1. The van der Waals surface area contributed by atoms with E-state index in [1.54, 1.807) is 6.20 Å². The number of amides is 3. The Morgan fingerprint density at radius 2 is 2.00 bits per heavy atom. The molecule has 146 valence electrons. The molecule has 6 heteroatoms. The lowest BCUT2D eigenvalue weighted by Crippen LogP contribution is -2.39. The minimum Gasteiger partial charge on any atom is -0.355 e. The predicted octanol–water partition coefficient (Wildman–Crippen LogP) is 3.57. The molecule has 1 aromatic heterocycles. The van der Waals surface area contributed by atoms with Gasteiger partial charge in [0.15, 0.2) is 0 Å². The number of aromatic nitrogens is 1. The zero-order valence-corrected chi connectivity index (χ0v) is 16.5. The summed E-state index contributed by atoms with van der Waals surface area (Å²) in [6, 6.07) is 5.89. The molecule has 1 atom stereocenters. The van der Waals surface area contributed by atoms with Gasteiger partial charge in [-0.15, -0.1) is 0 Å². The summed E-state index contributed by atoms with van der Waals surface area (Å²) < 4.78 is 0. The van der Waals surface area contributed by atoms with E-state index in [-0.39, 0.29) is 17.4 Å². The van der Waals surface area contributed by atoms with E-state index in [1.165, 1.54) is 6.92 Å². The zero-order chi connectivity index (χ0) is 20.1. The Kier molecular flexibility index (Phi) is 5.78. The summed E-state index contributed by atoms with van der Waals surface area (Å²) in [7, 11) is 0. The van der Waals surface area contributed by atoms with E-state index < -0.39 is 0 Å². The Hall–Kier alpha value is -3.15. The van der Waals surface area contributed by atoms with Gasteiger partial charge < -0.3 is 10.6 Å². The molecular weight excluding hydrogens is 352 g/mol. The van der Waals surface area contributed by atoms with Gasteiger partial charge in [0.1, 0.15) is 5.82 Å². The number of pyridine rings is 1. The van der Waals surface area contributed by atoms with Crippen LogP contribution in [0.15, 0.2) is 48.7 Å². The van der Waals surface area contributed by atoms with Crippen molar-refractivity contribution in [3.05, 3.63) is 59.8 Å². The fourth-order valence-electron chi connectivity index (χ4n) is 3.51. The van der Waals surface area contributed by atoms with Crippen LogP contribution in [0, 0.1) is 6.92 Å². The SMILES string of the molecule is CCNC(=O)Nc1cc2cc(C3(CNC(C)=O)C=CC=CC3)cc(C)c2cn1. The van der Waals surface area contributed by atoms with Gasteiger partial charge in [-0.05, 0) is 48.9 Å². The van der Waals surface area contributed by atoms with E-state index in [0.29, 0.717) is 18.9 Å². The summed E-state index contributed by atoms with van der Waals surface area (Å²) in [5.41, 5.74) is 1.94. The normalized spacial score (nSPS) is 18.1. The van der Waals surface area contributed by atoms with Crippen LogP contribution in [0.4, 0.5) is 10.6 Å². The van der Waals surface area contributed by atoms with Crippen molar-refractivity contribution in [2.45, 2.75) is 32.6 Å². The molecule has 2 aromatic rings. The first-order valence-electron chi connectivity index (χ1n) is 9.48. The van der Waals surface area contributed by atoms with Crippen molar-refractivity contribution >= 4 is 28.5 Å². The average Bonchev–Trinajstić information content (AvgIpc) is 2.67. The van der Waals surface area contributed by atoms with Crippen LogP contribution in [0.3, 0.4) is 0 Å². The fraction of sp³-hybridized carbons (Fsp3) is 0.318. The number of anilines is 1. The Labute approximate surface area is 165 Å². The molecule has 0 radical (unpaired) electrons. The predicted molar refractivity (Wildman–Crippen MR) is 112 cm³/mol. The second-order valence-corrected chi connectivity index (χ2v) is 7.13. The van der Waals surface area contributed by atoms with Gasteiger partial charge in [0, 0.05) is 37.0 Å². The second kappa shape index (κ2) is 8.25. The highest BCUT2D eigenvalue weighted by Crippen LogP contribution is 2.35. The highest BCUT2D eigenvalue weighted by atomic mass is 16.2. The van der Waals surface area contributed by atoms with Gasteiger partial charge in [0.05, 0.1) is 0 Å². The summed E-state index contributed by atoms with van der Waals surface area (Å²) in [5, 5.41) is 10.5. The number of fused-ring (bicyclic) bond motifs is 1. The van der Waals surface area contributed by atoms with Crippen LogP contribution in [0.25, 0.3) is 10.8 Å². The number of rotatable bonds is 5. The van der Waals surface area contributed by atoms with Gasteiger partial charge in [0.2, 0.25) is 5.91 Å². The van der Waals surface area contributed by atoms with E-state index in [2.05, 4.69) is 52.1 Å². The van der Waals surface area contributed by atoms with Crippen molar-refractivity contribution < 1.29 is 9.59 Å². The molecule has 1 aliphatic carbocycles.